The van der Waals surface area contributed by atoms with Gasteiger partial charge in [-0.3, -0.25) is 0 Å². The predicted octanol–water partition coefficient (Wildman–Crippen LogP) is 5.14. The third-order valence-electron chi connectivity index (χ3n) is 5.30. The molecule has 0 unspecified atom stereocenters. The molecule has 0 N–H and O–H groups in total. The van der Waals surface area contributed by atoms with E-state index in [0.29, 0.717) is 29.1 Å². The third-order valence-corrected chi connectivity index (χ3v) is 5.30. The number of benzene rings is 3. The molecule has 6 nitrogen and oxygen atoms in total. The molecule has 4 rings (SSSR count). The van der Waals surface area contributed by atoms with Gasteiger partial charge in [-0.25, -0.2) is 9.59 Å². The topological polar surface area (TPSA) is 75.0 Å². The summed E-state index contributed by atoms with van der Waals surface area (Å²) in [7, 11) is 2.95. The van der Waals surface area contributed by atoms with Crippen LogP contribution in [0.3, 0.4) is 0 Å². The summed E-state index contributed by atoms with van der Waals surface area (Å²) in [4.78, 5) is 24.3. The fourth-order valence-corrected chi connectivity index (χ4v) is 3.54. The minimum absolute atomic E-state index is 0.306. The summed E-state index contributed by atoms with van der Waals surface area (Å²) in [5.74, 6) is 0.916. The van der Waals surface area contributed by atoms with Gasteiger partial charge in [0.1, 0.15) is 23.7 Å². The van der Waals surface area contributed by atoms with Crippen molar-refractivity contribution in [3.8, 4) is 22.6 Å². The Bertz CT molecular complexity index is 1320. The molecule has 0 saturated heterocycles. The molecule has 162 valence electrons. The van der Waals surface area contributed by atoms with Crippen molar-refractivity contribution in [2.24, 2.45) is 0 Å². The molecule has 0 aliphatic rings. The highest BCUT2D eigenvalue weighted by Gasteiger charge is 2.14. The molecule has 0 atom stereocenters. The van der Waals surface area contributed by atoms with E-state index in [2.05, 4.69) is 0 Å². The molecule has 0 bridgehead atoms. The maximum Gasteiger partial charge on any atom is 0.344 e. The molecule has 0 amide bonds. The predicted molar refractivity (Wildman–Crippen MR) is 121 cm³/mol. The van der Waals surface area contributed by atoms with Crippen LogP contribution in [0.25, 0.3) is 22.1 Å². The fourth-order valence-electron chi connectivity index (χ4n) is 3.54. The first kappa shape index (κ1) is 21.2. The Morgan fingerprint density at radius 3 is 2.25 bits per heavy atom. The van der Waals surface area contributed by atoms with E-state index in [0.717, 1.165) is 27.8 Å². The van der Waals surface area contributed by atoms with Gasteiger partial charge in [0.2, 0.25) is 0 Å². The maximum atomic E-state index is 12.7. The van der Waals surface area contributed by atoms with Gasteiger partial charge in [0.15, 0.2) is 0 Å². The van der Waals surface area contributed by atoms with Crippen LogP contribution in [-0.4, -0.2) is 20.2 Å². The Hall–Kier alpha value is -4.06. The van der Waals surface area contributed by atoms with Crippen molar-refractivity contribution < 1.29 is 23.4 Å². The van der Waals surface area contributed by atoms with Crippen molar-refractivity contribution >= 4 is 16.9 Å². The molecule has 0 saturated carbocycles. The summed E-state index contributed by atoms with van der Waals surface area (Å²) in [5, 5.41) is 0.838. The standard InChI is InChI=1S/C26H22O6/c1-16-22-13-12-21(31-15-17-4-6-19(7-5-17)25(27)30-3)14-23(22)32-26(28)24(16)18-8-10-20(29-2)11-9-18/h4-14H,15H2,1-3H3. The lowest BCUT2D eigenvalue weighted by Crippen LogP contribution is -2.06. The number of methoxy groups -OCH3 is 2. The molecule has 0 aliphatic carbocycles. The molecule has 32 heavy (non-hydrogen) atoms. The molecule has 6 heteroatoms. The quantitative estimate of drug-likeness (QED) is 0.311. The summed E-state index contributed by atoms with van der Waals surface area (Å²) in [6.45, 7) is 2.21. The molecular weight excluding hydrogens is 408 g/mol. The van der Waals surface area contributed by atoms with Crippen LogP contribution >= 0.6 is 0 Å². The fraction of sp³-hybridized carbons (Fsp3) is 0.154. The van der Waals surface area contributed by atoms with Gasteiger partial charge in [-0.05, 0) is 60.0 Å². The normalized spacial score (nSPS) is 10.7. The average molecular weight is 430 g/mol. The van der Waals surface area contributed by atoms with E-state index in [1.807, 2.05) is 43.3 Å². The first-order valence-electron chi connectivity index (χ1n) is 10.0. The van der Waals surface area contributed by atoms with E-state index < -0.39 is 5.63 Å². The van der Waals surface area contributed by atoms with E-state index >= 15 is 0 Å². The number of hydrogen-bond acceptors (Lipinski definition) is 6. The van der Waals surface area contributed by atoms with Crippen LogP contribution in [0.15, 0.2) is 75.9 Å². The lowest BCUT2D eigenvalue weighted by molar-refractivity contribution is 0.0600. The Morgan fingerprint density at radius 1 is 0.906 bits per heavy atom. The van der Waals surface area contributed by atoms with Crippen molar-refractivity contribution in [1.82, 2.24) is 0 Å². The summed E-state index contributed by atoms with van der Waals surface area (Å²) < 4.78 is 21.4. The number of carbonyl (C=O) groups is 1. The second-order valence-corrected chi connectivity index (χ2v) is 7.25. The lowest BCUT2D eigenvalue weighted by Gasteiger charge is -2.11. The van der Waals surface area contributed by atoms with Gasteiger partial charge in [0, 0.05) is 11.5 Å². The van der Waals surface area contributed by atoms with E-state index in [1.165, 1.54) is 7.11 Å². The number of aryl methyl sites for hydroxylation is 1. The average Bonchev–Trinajstić information content (AvgIpc) is 2.82. The van der Waals surface area contributed by atoms with Crippen LogP contribution in [0.5, 0.6) is 11.5 Å². The molecule has 3 aromatic carbocycles. The minimum Gasteiger partial charge on any atom is -0.497 e. The molecule has 0 radical (unpaired) electrons. The van der Waals surface area contributed by atoms with E-state index in [4.69, 9.17) is 18.6 Å². The summed E-state index contributed by atoms with van der Waals surface area (Å²) >= 11 is 0. The van der Waals surface area contributed by atoms with Crippen molar-refractivity contribution in [2.45, 2.75) is 13.5 Å². The highest BCUT2D eigenvalue weighted by atomic mass is 16.5. The monoisotopic (exact) mass is 430 g/mol. The van der Waals surface area contributed by atoms with Crippen LogP contribution in [0.2, 0.25) is 0 Å². The van der Waals surface area contributed by atoms with Gasteiger partial charge in [-0.15, -0.1) is 0 Å². The van der Waals surface area contributed by atoms with E-state index in [9.17, 15) is 9.59 Å². The number of fused-ring (bicyclic) bond motifs is 1. The number of carbonyl (C=O) groups excluding carboxylic acids is 1. The Labute approximate surface area is 185 Å². The van der Waals surface area contributed by atoms with Gasteiger partial charge in [0.05, 0.1) is 25.3 Å². The van der Waals surface area contributed by atoms with Gasteiger partial charge in [0.25, 0.3) is 0 Å². The van der Waals surface area contributed by atoms with Crippen LogP contribution in [0.1, 0.15) is 21.5 Å². The number of esters is 1. The number of hydrogen-bond donors (Lipinski definition) is 0. The summed E-state index contributed by atoms with van der Waals surface area (Å²) in [5.41, 5.74) is 3.57. The van der Waals surface area contributed by atoms with Crippen molar-refractivity contribution in [3.05, 3.63) is 93.8 Å². The third kappa shape index (κ3) is 4.21. The summed E-state index contributed by atoms with van der Waals surface area (Å²) in [6, 6.07) is 19.7. The van der Waals surface area contributed by atoms with E-state index in [1.54, 1.807) is 37.4 Å². The maximum absolute atomic E-state index is 12.7. The van der Waals surface area contributed by atoms with E-state index in [-0.39, 0.29) is 5.97 Å². The van der Waals surface area contributed by atoms with Crippen LogP contribution < -0.4 is 15.1 Å². The minimum atomic E-state index is -0.407. The van der Waals surface area contributed by atoms with Crippen molar-refractivity contribution in [1.29, 1.82) is 0 Å². The molecule has 4 aromatic rings. The molecule has 0 fully saturated rings. The van der Waals surface area contributed by atoms with Gasteiger partial charge in [-0.1, -0.05) is 24.3 Å². The summed E-state index contributed by atoms with van der Waals surface area (Å²) in [6.07, 6.45) is 0. The molecule has 0 spiro atoms. The zero-order valence-electron chi connectivity index (χ0n) is 18.0. The second kappa shape index (κ2) is 8.98. The van der Waals surface area contributed by atoms with Gasteiger partial charge >= 0.3 is 11.6 Å². The van der Waals surface area contributed by atoms with Gasteiger partial charge < -0.3 is 18.6 Å². The molecule has 1 heterocycles. The van der Waals surface area contributed by atoms with Crippen molar-refractivity contribution in [2.75, 3.05) is 14.2 Å². The first-order valence-corrected chi connectivity index (χ1v) is 10.0. The molecule has 0 aliphatic heterocycles. The number of rotatable bonds is 6. The zero-order valence-corrected chi connectivity index (χ0v) is 18.0. The first-order chi connectivity index (χ1) is 15.5. The molecule has 1 aromatic heterocycles. The highest BCUT2D eigenvalue weighted by Crippen LogP contribution is 2.30. The number of ether oxygens (including phenoxy) is 3. The Balaban J connectivity index is 1.58. The van der Waals surface area contributed by atoms with Gasteiger partial charge in [-0.2, -0.15) is 0 Å². The van der Waals surface area contributed by atoms with Crippen LogP contribution in [0, 0.1) is 6.92 Å². The van der Waals surface area contributed by atoms with Crippen molar-refractivity contribution in [3.63, 3.8) is 0 Å². The Kier molecular flexibility index (Phi) is 5.94. The zero-order chi connectivity index (χ0) is 22.7. The van der Waals surface area contributed by atoms with Crippen LogP contribution in [0.4, 0.5) is 0 Å². The second-order valence-electron chi connectivity index (χ2n) is 7.25. The van der Waals surface area contributed by atoms with Crippen LogP contribution in [-0.2, 0) is 11.3 Å². The lowest BCUT2D eigenvalue weighted by atomic mass is 9.99. The SMILES string of the molecule is COC(=O)c1ccc(COc2ccc3c(C)c(-c4ccc(OC)cc4)c(=O)oc3c2)cc1. The highest BCUT2D eigenvalue weighted by molar-refractivity contribution is 5.89. The molecular formula is C26H22O6. The largest absolute Gasteiger partial charge is 0.497 e. The smallest absolute Gasteiger partial charge is 0.344 e. The Morgan fingerprint density at radius 2 is 1.59 bits per heavy atom.